The van der Waals surface area contributed by atoms with E-state index in [9.17, 15) is 21.6 Å². The third kappa shape index (κ3) is 3.57. The van der Waals surface area contributed by atoms with Crippen molar-refractivity contribution in [3.63, 3.8) is 0 Å². The number of fused-ring (bicyclic) bond motifs is 1. The number of nitrogens with zero attached hydrogens (tertiary/aromatic N) is 2. The first-order chi connectivity index (χ1) is 13.6. The Kier molecular flexibility index (Phi) is 4.99. The van der Waals surface area contributed by atoms with Crippen LogP contribution in [0.1, 0.15) is 28.1 Å². The van der Waals surface area contributed by atoms with Crippen molar-refractivity contribution in [1.29, 1.82) is 0 Å². The minimum absolute atomic E-state index is 0.0832. The summed E-state index contributed by atoms with van der Waals surface area (Å²) in [5.74, 6) is -0.363. The number of carbonyl (C=O) groups is 1. The van der Waals surface area contributed by atoms with Crippen molar-refractivity contribution in [2.45, 2.75) is 25.5 Å². The molecule has 1 amide bonds. The van der Waals surface area contributed by atoms with Gasteiger partial charge >= 0.3 is 0 Å². The highest BCUT2D eigenvalue weighted by atomic mass is 32.2. The lowest BCUT2D eigenvalue weighted by atomic mass is 10.1. The van der Waals surface area contributed by atoms with Gasteiger partial charge in [-0.3, -0.25) is 4.79 Å². The smallest absolute Gasteiger partial charge is 0.289 e. The average molecular weight is 441 g/mol. The zero-order valence-electron chi connectivity index (χ0n) is 16.4. The van der Waals surface area contributed by atoms with Gasteiger partial charge < -0.3 is 9.32 Å². The lowest BCUT2D eigenvalue weighted by Gasteiger charge is -2.34. The second-order valence-electron chi connectivity index (χ2n) is 7.77. The molecule has 8 nitrogen and oxygen atoms in total. The van der Waals surface area contributed by atoms with Crippen LogP contribution in [0, 0.1) is 13.8 Å². The van der Waals surface area contributed by atoms with Gasteiger partial charge in [0.1, 0.15) is 5.58 Å². The molecule has 0 N–H and O–H groups in total. The lowest BCUT2D eigenvalue weighted by molar-refractivity contribution is 0.0667. The number of hydrogen-bond donors (Lipinski definition) is 0. The highest BCUT2D eigenvalue weighted by molar-refractivity contribution is 7.95. The Bertz CT molecular complexity index is 1170. The van der Waals surface area contributed by atoms with Crippen molar-refractivity contribution in [1.82, 2.24) is 9.21 Å². The number of sulfonamides is 1. The lowest BCUT2D eigenvalue weighted by Crippen LogP contribution is -2.52. The first-order valence-corrected chi connectivity index (χ1v) is 12.9. The van der Waals surface area contributed by atoms with Gasteiger partial charge in [0.25, 0.3) is 5.91 Å². The van der Waals surface area contributed by atoms with Crippen LogP contribution in [-0.4, -0.2) is 74.9 Å². The molecule has 158 valence electrons. The molecule has 0 spiro atoms. The largest absolute Gasteiger partial charge is 0.450 e. The Morgan fingerprint density at radius 3 is 2.41 bits per heavy atom. The molecule has 1 atom stereocenters. The van der Waals surface area contributed by atoms with Crippen LogP contribution in [0.15, 0.2) is 22.6 Å². The molecule has 3 heterocycles. The van der Waals surface area contributed by atoms with E-state index in [4.69, 9.17) is 4.42 Å². The standard InChI is InChI=1S/C19H24N2O6S2/c1-13-4-3-5-16-14(2)18(27-17(13)16)19(22)20-7-9-21(10-8-20)29(25,26)15-6-11-28(23,24)12-15/h3-5,15H,6-12H2,1-2H3. The highest BCUT2D eigenvalue weighted by Gasteiger charge is 2.41. The van der Waals surface area contributed by atoms with Crippen LogP contribution >= 0.6 is 0 Å². The molecule has 0 bridgehead atoms. The first-order valence-electron chi connectivity index (χ1n) is 9.57. The van der Waals surface area contributed by atoms with Crippen molar-refractivity contribution in [2.24, 2.45) is 0 Å². The summed E-state index contributed by atoms with van der Waals surface area (Å²) in [7, 11) is -6.97. The van der Waals surface area contributed by atoms with Crippen LogP contribution in [0.2, 0.25) is 0 Å². The maximum absolute atomic E-state index is 13.0. The number of carbonyl (C=O) groups excluding carboxylic acids is 1. The maximum atomic E-state index is 13.0. The summed E-state index contributed by atoms with van der Waals surface area (Å²) < 4.78 is 56.0. The van der Waals surface area contributed by atoms with Gasteiger partial charge in [0, 0.05) is 37.1 Å². The molecule has 2 saturated heterocycles. The van der Waals surface area contributed by atoms with E-state index in [0.29, 0.717) is 5.58 Å². The van der Waals surface area contributed by atoms with E-state index in [1.807, 2.05) is 32.0 Å². The van der Waals surface area contributed by atoms with E-state index in [1.54, 1.807) is 4.90 Å². The van der Waals surface area contributed by atoms with E-state index in [1.165, 1.54) is 4.31 Å². The second-order valence-corrected chi connectivity index (χ2v) is 12.2. The molecule has 2 fully saturated rings. The number of rotatable bonds is 3. The van der Waals surface area contributed by atoms with Crippen molar-refractivity contribution < 1.29 is 26.0 Å². The number of aryl methyl sites for hydroxylation is 2. The number of piperazine rings is 1. The minimum Gasteiger partial charge on any atom is -0.450 e. The van der Waals surface area contributed by atoms with Crippen molar-refractivity contribution in [2.75, 3.05) is 37.7 Å². The molecular formula is C19H24N2O6S2. The molecule has 2 aromatic rings. The molecule has 1 aromatic carbocycles. The normalized spacial score (nSPS) is 23.0. The van der Waals surface area contributed by atoms with Crippen molar-refractivity contribution >= 4 is 36.7 Å². The summed E-state index contributed by atoms with van der Waals surface area (Å²) in [6.07, 6.45) is 0.140. The molecule has 1 unspecified atom stereocenters. The van der Waals surface area contributed by atoms with Crippen LogP contribution in [0.25, 0.3) is 11.0 Å². The second kappa shape index (κ2) is 7.10. The zero-order chi connectivity index (χ0) is 21.0. The molecule has 0 radical (unpaired) electrons. The Hall–Kier alpha value is -1.91. The van der Waals surface area contributed by atoms with E-state index in [2.05, 4.69) is 0 Å². The van der Waals surface area contributed by atoms with E-state index < -0.39 is 25.1 Å². The highest BCUT2D eigenvalue weighted by Crippen LogP contribution is 2.29. The fourth-order valence-electron chi connectivity index (χ4n) is 4.08. The number of amides is 1. The number of hydrogen-bond acceptors (Lipinski definition) is 6. The molecule has 2 aliphatic rings. The van der Waals surface area contributed by atoms with Crippen LogP contribution < -0.4 is 0 Å². The van der Waals surface area contributed by atoms with Gasteiger partial charge in [-0.15, -0.1) is 0 Å². The molecule has 0 aliphatic carbocycles. The number of sulfone groups is 1. The SMILES string of the molecule is Cc1c(C(=O)N2CCN(S(=O)(=O)C3CCS(=O)(=O)C3)CC2)oc2c(C)cccc12. The minimum atomic E-state index is -3.69. The molecule has 2 aliphatic heterocycles. The summed E-state index contributed by atoms with van der Waals surface area (Å²) in [6.45, 7) is 4.57. The van der Waals surface area contributed by atoms with E-state index in [0.717, 1.165) is 16.5 Å². The topological polar surface area (TPSA) is 105 Å². The first kappa shape index (κ1) is 20.4. The molecule has 1 aromatic heterocycles. The average Bonchev–Trinajstić information content (AvgIpc) is 3.22. The van der Waals surface area contributed by atoms with E-state index in [-0.39, 0.29) is 55.8 Å². The zero-order valence-corrected chi connectivity index (χ0v) is 18.1. The number of furan rings is 1. The summed E-state index contributed by atoms with van der Waals surface area (Å²) in [4.78, 5) is 14.6. The van der Waals surface area contributed by atoms with Crippen molar-refractivity contribution in [3.8, 4) is 0 Å². The van der Waals surface area contributed by atoms with Gasteiger partial charge in [-0.1, -0.05) is 18.2 Å². The van der Waals surface area contributed by atoms with Crippen LogP contribution in [0.3, 0.4) is 0 Å². The Morgan fingerprint density at radius 2 is 1.83 bits per heavy atom. The Morgan fingerprint density at radius 1 is 1.14 bits per heavy atom. The van der Waals surface area contributed by atoms with Crippen LogP contribution in [-0.2, 0) is 19.9 Å². The van der Waals surface area contributed by atoms with Gasteiger partial charge in [-0.25, -0.2) is 16.8 Å². The molecular weight excluding hydrogens is 416 g/mol. The summed E-state index contributed by atoms with van der Waals surface area (Å²) in [5, 5.41) is 0.0207. The van der Waals surface area contributed by atoms with E-state index >= 15 is 0 Å². The van der Waals surface area contributed by atoms with Gasteiger partial charge in [0.15, 0.2) is 15.6 Å². The molecule has 10 heteroatoms. The number of para-hydroxylation sites is 1. The summed E-state index contributed by atoms with van der Waals surface area (Å²) in [6, 6.07) is 5.76. The van der Waals surface area contributed by atoms with Crippen LogP contribution in [0.4, 0.5) is 0 Å². The van der Waals surface area contributed by atoms with Crippen LogP contribution in [0.5, 0.6) is 0 Å². The van der Waals surface area contributed by atoms with Gasteiger partial charge in [0.05, 0.1) is 16.8 Å². The molecule has 29 heavy (non-hydrogen) atoms. The summed E-state index contributed by atoms with van der Waals surface area (Å²) in [5.41, 5.74) is 2.42. The summed E-state index contributed by atoms with van der Waals surface area (Å²) >= 11 is 0. The van der Waals surface area contributed by atoms with Crippen molar-refractivity contribution in [3.05, 3.63) is 35.1 Å². The third-order valence-electron chi connectivity index (χ3n) is 5.85. The van der Waals surface area contributed by atoms with Gasteiger partial charge in [-0.2, -0.15) is 4.31 Å². The monoisotopic (exact) mass is 440 g/mol. The predicted molar refractivity (Wildman–Crippen MR) is 109 cm³/mol. The number of benzene rings is 1. The maximum Gasteiger partial charge on any atom is 0.289 e. The fraction of sp³-hybridized carbons (Fsp3) is 0.526. The third-order valence-corrected chi connectivity index (χ3v) is 10.2. The molecule has 0 saturated carbocycles. The molecule has 4 rings (SSSR count). The fourth-order valence-corrected chi connectivity index (χ4v) is 8.60. The van der Waals surface area contributed by atoms with Gasteiger partial charge in [0.2, 0.25) is 10.0 Å². The quantitative estimate of drug-likeness (QED) is 0.713. The predicted octanol–water partition coefficient (Wildman–Crippen LogP) is 1.32. The Labute approximate surface area is 170 Å². The Balaban J connectivity index is 1.48. The van der Waals surface area contributed by atoms with Gasteiger partial charge in [-0.05, 0) is 25.8 Å².